The molecular formula is C21H24BF2NO7S. The lowest BCUT2D eigenvalue weighted by molar-refractivity contribution is 0.00578. The minimum Gasteiger partial charge on any atom is -0.487 e. The summed E-state index contributed by atoms with van der Waals surface area (Å²) in [4.78, 5) is 0. The van der Waals surface area contributed by atoms with E-state index in [1.807, 2.05) is 32.4 Å². The van der Waals surface area contributed by atoms with Crippen molar-refractivity contribution < 1.29 is 40.7 Å². The molecule has 0 aromatic heterocycles. The Morgan fingerprint density at radius 3 is 2.36 bits per heavy atom. The van der Waals surface area contributed by atoms with Gasteiger partial charge in [-0.1, -0.05) is 12.1 Å². The number of ether oxygens (including phenoxy) is 3. The zero-order chi connectivity index (χ0) is 24.0. The molecule has 2 heterocycles. The van der Waals surface area contributed by atoms with Crippen molar-refractivity contribution in [1.82, 2.24) is 0 Å². The first kappa shape index (κ1) is 23.6. The highest BCUT2D eigenvalue weighted by molar-refractivity contribution is 7.93. The lowest BCUT2D eigenvalue weighted by Crippen LogP contribution is -2.41. The van der Waals surface area contributed by atoms with Gasteiger partial charge in [-0.05, 0) is 63.0 Å². The zero-order valence-electron chi connectivity index (χ0n) is 18.6. The summed E-state index contributed by atoms with van der Waals surface area (Å²) in [5.41, 5.74) is -0.0593. The molecule has 0 radical (unpaired) electrons. The fourth-order valence-corrected chi connectivity index (χ4v) is 3.82. The summed E-state index contributed by atoms with van der Waals surface area (Å²) in [6.07, 6.45) is 0. The summed E-state index contributed by atoms with van der Waals surface area (Å²) < 4.78 is 79.8. The molecule has 0 aliphatic carbocycles. The number of nitrogens with one attached hydrogen (secondary N) is 1. The molecule has 1 fully saturated rings. The Morgan fingerprint density at radius 2 is 1.70 bits per heavy atom. The predicted molar refractivity (Wildman–Crippen MR) is 118 cm³/mol. The van der Waals surface area contributed by atoms with Gasteiger partial charge in [-0.25, -0.2) is 8.42 Å². The van der Waals surface area contributed by atoms with E-state index >= 15 is 0 Å². The van der Waals surface area contributed by atoms with Crippen LogP contribution >= 0.6 is 0 Å². The van der Waals surface area contributed by atoms with Crippen molar-refractivity contribution in [1.29, 1.82) is 0 Å². The fraction of sp³-hybridized carbons (Fsp3) is 0.429. The van der Waals surface area contributed by atoms with E-state index in [2.05, 4.69) is 0 Å². The molecule has 0 bridgehead atoms. The molecule has 12 heteroatoms. The average molecular weight is 483 g/mol. The van der Waals surface area contributed by atoms with Crippen molar-refractivity contribution in [3.8, 4) is 17.2 Å². The number of anilines is 1. The molecule has 0 unspecified atom stereocenters. The monoisotopic (exact) mass is 483 g/mol. The number of fused-ring (bicyclic) bond motifs is 1. The third-order valence-corrected chi connectivity index (χ3v) is 6.82. The largest absolute Gasteiger partial charge is 0.494 e. The van der Waals surface area contributed by atoms with Crippen molar-refractivity contribution in [3.63, 3.8) is 0 Å². The van der Waals surface area contributed by atoms with Crippen LogP contribution in [0, 0.1) is 0 Å². The molecule has 2 aromatic carbocycles. The molecule has 0 atom stereocenters. The fourth-order valence-electron chi connectivity index (χ4n) is 3.26. The molecule has 178 valence electrons. The molecule has 1 N–H and O–H groups in total. The van der Waals surface area contributed by atoms with Crippen LogP contribution in [0.5, 0.6) is 17.2 Å². The average Bonchev–Trinajstić information content (AvgIpc) is 3.27. The molecule has 1 saturated heterocycles. The minimum absolute atomic E-state index is 0.0207. The molecular weight excluding hydrogens is 459 g/mol. The number of alkyl halides is 2. The van der Waals surface area contributed by atoms with Gasteiger partial charge < -0.3 is 23.5 Å². The van der Waals surface area contributed by atoms with E-state index in [1.54, 1.807) is 24.3 Å². The Kier molecular flexibility index (Phi) is 5.96. The molecule has 2 aliphatic rings. The van der Waals surface area contributed by atoms with Crippen LogP contribution in [-0.4, -0.2) is 39.3 Å². The number of hydrogen-bond donors (Lipinski definition) is 1. The number of sulfonamides is 1. The first-order chi connectivity index (χ1) is 15.4. The number of benzene rings is 2. The summed E-state index contributed by atoms with van der Waals surface area (Å²) in [5.74, 6) is -2.39. The second-order valence-corrected chi connectivity index (χ2v) is 10.4. The number of halogens is 2. The Balaban J connectivity index is 1.62. The molecule has 0 saturated carbocycles. The van der Waals surface area contributed by atoms with Crippen molar-refractivity contribution >= 4 is 28.3 Å². The van der Waals surface area contributed by atoms with Gasteiger partial charge in [0.25, 0.3) is 10.0 Å². The van der Waals surface area contributed by atoms with Crippen molar-refractivity contribution in [3.05, 3.63) is 42.0 Å². The standard InChI is InChI=1S/C21H24BF2NO7S/c1-20(2)21(3,4)32-22(31-20)14-6-7-15(25-33(26,27)19(23)24)17(10-14)28-11-13-5-8-16-18(9-13)30-12-29-16/h5-10,19,25H,11-12H2,1-4H3. The van der Waals surface area contributed by atoms with E-state index in [0.29, 0.717) is 22.5 Å². The lowest BCUT2D eigenvalue weighted by atomic mass is 9.79. The van der Waals surface area contributed by atoms with Crippen LogP contribution in [-0.2, 0) is 25.9 Å². The van der Waals surface area contributed by atoms with Gasteiger partial charge in [-0.2, -0.15) is 8.78 Å². The van der Waals surface area contributed by atoms with Crippen molar-refractivity contribution in [2.75, 3.05) is 11.5 Å². The normalized spacial score (nSPS) is 18.6. The van der Waals surface area contributed by atoms with E-state index in [1.165, 1.54) is 12.1 Å². The summed E-state index contributed by atoms with van der Waals surface area (Å²) >= 11 is 0. The Bertz CT molecular complexity index is 1140. The van der Waals surface area contributed by atoms with E-state index < -0.39 is 34.1 Å². The molecule has 2 aliphatic heterocycles. The third-order valence-electron chi connectivity index (χ3n) is 5.85. The van der Waals surface area contributed by atoms with Crippen LogP contribution in [0.15, 0.2) is 36.4 Å². The Hall–Kier alpha value is -2.57. The Morgan fingerprint density at radius 1 is 1.03 bits per heavy atom. The van der Waals surface area contributed by atoms with E-state index in [4.69, 9.17) is 23.5 Å². The van der Waals surface area contributed by atoms with Gasteiger partial charge in [0.15, 0.2) is 11.5 Å². The first-order valence-electron chi connectivity index (χ1n) is 10.2. The molecule has 33 heavy (non-hydrogen) atoms. The second-order valence-electron chi connectivity index (χ2n) is 8.73. The van der Waals surface area contributed by atoms with E-state index in [0.717, 1.165) is 0 Å². The maximum atomic E-state index is 12.9. The van der Waals surface area contributed by atoms with Gasteiger partial charge in [0.1, 0.15) is 12.4 Å². The maximum Gasteiger partial charge on any atom is 0.494 e. The predicted octanol–water partition coefficient (Wildman–Crippen LogP) is 3.26. The van der Waals surface area contributed by atoms with Crippen molar-refractivity contribution in [2.45, 2.75) is 51.3 Å². The van der Waals surface area contributed by atoms with Crippen LogP contribution in [0.1, 0.15) is 33.3 Å². The molecule has 4 rings (SSSR count). The molecule has 0 spiro atoms. The zero-order valence-corrected chi connectivity index (χ0v) is 19.4. The highest BCUT2D eigenvalue weighted by atomic mass is 32.2. The third kappa shape index (κ3) is 4.73. The van der Waals surface area contributed by atoms with Crippen LogP contribution in [0.3, 0.4) is 0 Å². The van der Waals surface area contributed by atoms with Gasteiger partial charge in [0.05, 0.1) is 16.9 Å². The summed E-state index contributed by atoms with van der Waals surface area (Å²) in [7, 11) is -5.64. The van der Waals surface area contributed by atoms with E-state index in [-0.39, 0.29) is 24.8 Å². The number of hydrogen-bond acceptors (Lipinski definition) is 7. The summed E-state index contributed by atoms with van der Waals surface area (Å²) in [6.45, 7) is 7.73. The maximum absolute atomic E-state index is 12.9. The van der Waals surface area contributed by atoms with Gasteiger partial charge in [-0.3, -0.25) is 4.72 Å². The van der Waals surface area contributed by atoms with Gasteiger partial charge in [-0.15, -0.1) is 0 Å². The number of rotatable bonds is 7. The smallest absolute Gasteiger partial charge is 0.487 e. The van der Waals surface area contributed by atoms with Gasteiger partial charge in [0.2, 0.25) is 6.79 Å². The topological polar surface area (TPSA) is 92.3 Å². The first-order valence-corrected chi connectivity index (χ1v) is 11.7. The molecule has 2 aromatic rings. The van der Waals surface area contributed by atoms with E-state index in [9.17, 15) is 17.2 Å². The molecule has 8 nitrogen and oxygen atoms in total. The van der Waals surface area contributed by atoms with Crippen LogP contribution in [0.4, 0.5) is 14.5 Å². The van der Waals surface area contributed by atoms with Gasteiger partial charge >= 0.3 is 12.9 Å². The lowest BCUT2D eigenvalue weighted by Gasteiger charge is -2.32. The Labute approximate surface area is 191 Å². The second kappa shape index (κ2) is 8.34. The van der Waals surface area contributed by atoms with Crippen molar-refractivity contribution in [2.24, 2.45) is 0 Å². The summed E-state index contributed by atoms with van der Waals surface area (Å²) in [6, 6.07) is 9.60. The SMILES string of the molecule is CC1(C)OB(c2ccc(NS(=O)(=O)C(F)F)c(OCc3ccc4c(c3)OCO4)c2)OC1(C)C. The van der Waals surface area contributed by atoms with Crippen LogP contribution < -0.4 is 24.4 Å². The quantitative estimate of drug-likeness (QED) is 0.605. The van der Waals surface area contributed by atoms with Gasteiger partial charge in [0, 0.05) is 0 Å². The van der Waals surface area contributed by atoms with Crippen LogP contribution in [0.2, 0.25) is 0 Å². The highest BCUT2D eigenvalue weighted by Gasteiger charge is 2.51. The minimum atomic E-state index is -4.90. The van der Waals surface area contributed by atoms with Crippen LogP contribution in [0.25, 0.3) is 0 Å². The molecule has 0 amide bonds. The summed E-state index contributed by atoms with van der Waals surface area (Å²) in [5, 5.41) is 0. The highest BCUT2D eigenvalue weighted by Crippen LogP contribution is 2.37.